The van der Waals surface area contributed by atoms with Crippen molar-refractivity contribution in [2.75, 3.05) is 4.90 Å². The molecule has 6 aromatic rings. The third-order valence-electron chi connectivity index (χ3n) is 10.4. The molecule has 0 N–H and O–H groups in total. The van der Waals surface area contributed by atoms with Crippen LogP contribution in [-0.2, 0) is 0 Å². The molecule has 6 rings (SSSR count). The van der Waals surface area contributed by atoms with Crippen LogP contribution in [0, 0.1) is 17.5 Å². The fourth-order valence-corrected chi connectivity index (χ4v) is 10.0. The van der Waals surface area contributed by atoms with E-state index in [1.54, 1.807) is 18.2 Å². The van der Waals surface area contributed by atoms with Crippen LogP contribution in [0.2, 0.25) is 58.9 Å². The van der Waals surface area contributed by atoms with Crippen molar-refractivity contribution in [2.45, 2.75) is 58.9 Å². The van der Waals surface area contributed by atoms with Gasteiger partial charge in [0.25, 0.3) is 0 Å². The highest BCUT2D eigenvalue weighted by atomic mass is 28.3. The summed E-state index contributed by atoms with van der Waals surface area (Å²) >= 11 is 0. The maximum atomic E-state index is 15.0. The molecule has 0 fully saturated rings. The van der Waals surface area contributed by atoms with Gasteiger partial charge < -0.3 is 4.90 Å². The number of hydrogen-bond acceptors (Lipinski definition) is 1. The molecule has 0 aliphatic carbocycles. The first-order valence-electron chi connectivity index (χ1n) is 19.9. The minimum Gasteiger partial charge on any atom is -0.311 e. The molecule has 0 atom stereocenters. The van der Waals surface area contributed by atoms with Gasteiger partial charge in [0.2, 0.25) is 0 Å². The van der Waals surface area contributed by atoms with Crippen molar-refractivity contribution < 1.29 is 13.2 Å². The van der Waals surface area contributed by atoms with E-state index >= 15 is 13.2 Å². The third-order valence-corrected chi connectivity index (χ3v) is 16.5. The maximum absolute atomic E-state index is 15.0. The van der Waals surface area contributed by atoms with Gasteiger partial charge in [-0.15, -0.1) is 0 Å². The summed E-state index contributed by atoms with van der Waals surface area (Å²) in [5, 5.41) is 3.30. The first-order chi connectivity index (χ1) is 27.3. The highest BCUT2D eigenvalue weighted by Crippen LogP contribution is 2.35. The summed E-state index contributed by atoms with van der Waals surface area (Å²) in [5.41, 5.74) is 7.39. The standard InChI is InChI=1S/C51H54F3NSi3/c1-56(2,3)46-31-22-40(49(52)34-46)19-10-37-13-25-43(26-14-37)55(44-27-15-38(16-28-44)11-20-41-23-32-47(35-50(41)53)57(4,5)6)45-29-17-39(18-30-45)12-21-42-24-33-48(36-51(42)54)58(7,8)9/h10-36H,1-9H3. The molecule has 0 radical (unpaired) electrons. The van der Waals surface area contributed by atoms with Gasteiger partial charge in [0, 0.05) is 33.8 Å². The second-order valence-electron chi connectivity index (χ2n) is 18.1. The molecule has 0 saturated carbocycles. The lowest BCUT2D eigenvalue weighted by molar-refractivity contribution is 0.626. The van der Waals surface area contributed by atoms with Gasteiger partial charge in [0.15, 0.2) is 0 Å². The lowest BCUT2D eigenvalue weighted by atomic mass is 10.1. The van der Waals surface area contributed by atoms with E-state index < -0.39 is 24.2 Å². The zero-order valence-corrected chi connectivity index (χ0v) is 38.2. The second kappa shape index (κ2) is 17.3. The Hall–Kier alpha value is -5.22. The minimum absolute atomic E-state index is 0.203. The van der Waals surface area contributed by atoms with Crippen LogP contribution in [0.5, 0.6) is 0 Å². The summed E-state index contributed by atoms with van der Waals surface area (Å²) in [7, 11) is -4.83. The second-order valence-corrected chi connectivity index (χ2v) is 33.3. The topological polar surface area (TPSA) is 3.24 Å². The molecule has 0 bridgehead atoms. The van der Waals surface area contributed by atoms with Crippen LogP contribution in [0.1, 0.15) is 33.4 Å². The molecule has 296 valence electrons. The Morgan fingerprint density at radius 3 is 0.776 bits per heavy atom. The Balaban J connectivity index is 1.27. The smallest absolute Gasteiger partial charge is 0.130 e. The van der Waals surface area contributed by atoms with E-state index in [0.717, 1.165) is 49.3 Å². The molecule has 7 heteroatoms. The summed E-state index contributed by atoms with van der Waals surface area (Å²) in [5.74, 6) is -0.609. The van der Waals surface area contributed by atoms with Crippen LogP contribution in [0.3, 0.4) is 0 Å². The maximum Gasteiger partial charge on any atom is 0.130 e. The van der Waals surface area contributed by atoms with Crippen molar-refractivity contribution >= 4 is 93.3 Å². The molecule has 0 aliphatic heterocycles. The summed E-state index contributed by atoms with van der Waals surface area (Å²) in [4.78, 5) is 2.17. The molecule has 0 saturated heterocycles. The van der Waals surface area contributed by atoms with Gasteiger partial charge in [-0.3, -0.25) is 0 Å². The lowest BCUT2D eigenvalue weighted by Gasteiger charge is -2.26. The quantitative estimate of drug-likeness (QED) is 0.0878. The van der Waals surface area contributed by atoms with Crippen LogP contribution in [0.4, 0.5) is 30.2 Å². The first-order valence-corrected chi connectivity index (χ1v) is 30.4. The monoisotopic (exact) mass is 821 g/mol. The van der Waals surface area contributed by atoms with Crippen molar-refractivity contribution in [2.24, 2.45) is 0 Å². The van der Waals surface area contributed by atoms with E-state index in [-0.39, 0.29) is 17.5 Å². The number of anilines is 3. The van der Waals surface area contributed by atoms with Crippen LogP contribution >= 0.6 is 0 Å². The minimum atomic E-state index is -1.61. The molecule has 1 nitrogen and oxygen atoms in total. The predicted molar refractivity (Wildman–Crippen MR) is 256 cm³/mol. The largest absolute Gasteiger partial charge is 0.311 e. The van der Waals surface area contributed by atoms with Crippen molar-refractivity contribution in [3.05, 3.63) is 178 Å². The normalized spacial score (nSPS) is 12.6. The Labute approximate surface area is 347 Å². The highest BCUT2D eigenvalue weighted by molar-refractivity contribution is 6.89. The fourth-order valence-electron chi connectivity index (χ4n) is 6.60. The molecule has 58 heavy (non-hydrogen) atoms. The fraction of sp³-hybridized carbons (Fsp3) is 0.176. The van der Waals surface area contributed by atoms with Gasteiger partial charge >= 0.3 is 0 Å². The number of hydrogen-bond donors (Lipinski definition) is 0. The molecule has 0 spiro atoms. The molecule has 6 aromatic carbocycles. The number of nitrogens with zero attached hydrogens (tertiary/aromatic N) is 1. The molecule has 0 aromatic heterocycles. The summed E-state index contributed by atoms with van der Waals surface area (Å²) in [6, 6.07) is 41.4. The average Bonchev–Trinajstić information content (AvgIpc) is 3.17. The number of rotatable bonds is 12. The zero-order valence-electron chi connectivity index (χ0n) is 35.2. The lowest BCUT2D eigenvalue weighted by Crippen LogP contribution is -2.37. The van der Waals surface area contributed by atoms with Crippen LogP contribution in [-0.4, -0.2) is 24.2 Å². The average molecular weight is 822 g/mol. The summed E-state index contributed by atoms with van der Waals surface area (Å²) < 4.78 is 45.1. The van der Waals surface area contributed by atoms with Crippen LogP contribution < -0.4 is 20.5 Å². The van der Waals surface area contributed by atoms with E-state index in [0.29, 0.717) is 16.7 Å². The number of halogens is 3. The molecular formula is C51H54F3NSi3. The Kier molecular flexibility index (Phi) is 12.7. The van der Waals surface area contributed by atoms with Gasteiger partial charge in [0.05, 0.1) is 24.2 Å². The Morgan fingerprint density at radius 1 is 0.328 bits per heavy atom. The highest BCUT2D eigenvalue weighted by Gasteiger charge is 2.20. The van der Waals surface area contributed by atoms with Crippen molar-refractivity contribution in [1.29, 1.82) is 0 Å². The molecule has 0 aliphatic rings. The molecule has 0 unspecified atom stereocenters. The van der Waals surface area contributed by atoms with Gasteiger partial charge in [-0.2, -0.15) is 0 Å². The van der Waals surface area contributed by atoms with E-state index in [4.69, 9.17) is 0 Å². The zero-order chi connectivity index (χ0) is 41.8. The van der Waals surface area contributed by atoms with Gasteiger partial charge in [-0.05, 0) is 71.3 Å². The summed E-state index contributed by atoms with van der Waals surface area (Å²) in [6.45, 7) is 19.9. The van der Waals surface area contributed by atoms with Crippen molar-refractivity contribution in [3.8, 4) is 0 Å². The SMILES string of the molecule is C[Si](C)(C)c1ccc(C=Cc2ccc(N(c3ccc(C=Cc4ccc([Si](C)(C)C)cc4F)cc3)c3ccc(C=Cc4ccc([Si](C)(C)C)cc4F)cc3)cc2)c(F)c1. The van der Waals surface area contributed by atoms with E-state index in [1.807, 2.05) is 109 Å². The van der Waals surface area contributed by atoms with Gasteiger partial charge in [-0.1, -0.05) is 184 Å². The summed E-state index contributed by atoms with van der Waals surface area (Å²) in [6.07, 6.45) is 11.3. The van der Waals surface area contributed by atoms with Gasteiger partial charge in [-0.25, -0.2) is 13.2 Å². The Morgan fingerprint density at radius 2 is 0.569 bits per heavy atom. The third kappa shape index (κ3) is 10.6. The molecule has 0 heterocycles. The first kappa shape index (κ1) is 42.4. The van der Waals surface area contributed by atoms with Crippen molar-refractivity contribution in [1.82, 2.24) is 0 Å². The van der Waals surface area contributed by atoms with Crippen LogP contribution in [0.25, 0.3) is 36.5 Å². The van der Waals surface area contributed by atoms with Crippen LogP contribution in [0.15, 0.2) is 127 Å². The van der Waals surface area contributed by atoms with Crippen molar-refractivity contribution in [3.63, 3.8) is 0 Å². The predicted octanol–water partition coefficient (Wildman–Crippen LogP) is 13.7. The number of benzene rings is 6. The molecular weight excluding hydrogens is 768 g/mol. The van der Waals surface area contributed by atoms with Gasteiger partial charge in [0.1, 0.15) is 17.5 Å². The van der Waals surface area contributed by atoms with E-state index in [2.05, 4.69) is 100 Å². The molecule has 0 amide bonds. The Bertz CT molecular complexity index is 2190. The van der Waals surface area contributed by atoms with E-state index in [9.17, 15) is 0 Å². The van der Waals surface area contributed by atoms with E-state index in [1.165, 1.54) is 0 Å².